The number of nitrogens with one attached hydrogen (secondary N) is 1. The predicted octanol–water partition coefficient (Wildman–Crippen LogP) is 2.68. The number of piperidine rings is 1. The van der Waals surface area contributed by atoms with E-state index >= 15 is 0 Å². The molecular weight excluding hydrogens is 336 g/mol. The molecule has 144 valence electrons. The number of unbranched alkanes of at least 4 members (excludes halogenated alkanes) is 1. The van der Waals surface area contributed by atoms with Crippen LogP contribution in [0.25, 0.3) is 0 Å². The van der Waals surface area contributed by atoms with E-state index in [1.807, 2.05) is 6.92 Å². The molecule has 7 nitrogen and oxygen atoms in total. The number of alkyl carbamates (subject to hydrolysis) is 1. The molecule has 0 aliphatic carbocycles. The number of carbonyl (C=O) groups excluding carboxylic acids is 2. The molecule has 0 radical (unpaired) electrons. The molecular formula is C19H28N2O5. The Bertz CT molecular complexity index is 582. The van der Waals surface area contributed by atoms with Crippen LogP contribution in [0.1, 0.15) is 39.5 Å². The first kappa shape index (κ1) is 19.9. The van der Waals surface area contributed by atoms with E-state index in [-0.39, 0.29) is 23.8 Å². The Morgan fingerprint density at radius 3 is 2.54 bits per heavy atom. The summed E-state index contributed by atoms with van der Waals surface area (Å²) >= 11 is 0. The maximum absolute atomic E-state index is 12.5. The minimum atomic E-state index is -0.608. The summed E-state index contributed by atoms with van der Waals surface area (Å²) in [6.45, 7) is 5.33. The molecule has 1 heterocycles. The highest BCUT2D eigenvalue weighted by molar-refractivity contribution is 5.81. The Balaban J connectivity index is 1.73. The number of nitrogens with zero attached hydrogens (tertiary/aromatic N) is 1. The zero-order chi connectivity index (χ0) is 18.9. The Labute approximate surface area is 154 Å². The monoisotopic (exact) mass is 364 g/mol. The molecule has 1 unspecified atom stereocenters. The number of likely N-dealkylation sites (tertiary alicyclic amines) is 1. The van der Waals surface area contributed by atoms with Crippen LogP contribution in [0.2, 0.25) is 0 Å². The number of aromatic hydroxyl groups is 1. The van der Waals surface area contributed by atoms with Crippen molar-refractivity contribution in [1.82, 2.24) is 10.2 Å². The molecule has 2 amide bonds. The highest BCUT2D eigenvalue weighted by Gasteiger charge is 2.27. The molecule has 0 spiro atoms. The van der Waals surface area contributed by atoms with Gasteiger partial charge in [-0.2, -0.15) is 0 Å². The lowest BCUT2D eigenvalue weighted by molar-refractivity contribution is -0.139. The van der Waals surface area contributed by atoms with Gasteiger partial charge < -0.3 is 24.8 Å². The average molecular weight is 364 g/mol. The van der Waals surface area contributed by atoms with Gasteiger partial charge in [0, 0.05) is 19.1 Å². The summed E-state index contributed by atoms with van der Waals surface area (Å²) in [5.41, 5.74) is 0. The molecule has 0 aromatic heterocycles. The van der Waals surface area contributed by atoms with Crippen LogP contribution >= 0.6 is 0 Å². The summed E-state index contributed by atoms with van der Waals surface area (Å²) in [4.78, 5) is 26.0. The van der Waals surface area contributed by atoms with Crippen molar-refractivity contribution in [3.63, 3.8) is 0 Å². The molecule has 1 saturated heterocycles. The molecule has 1 aliphatic heterocycles. The fourth-order valence-electron chi connectivity index (χ4n) is 2.80. The largest absolute Gasteiger partial charge is 0.508 e. The highest BCUT2D eigenvalue weighted by atomic mass is 16.5. The fourth-order valence-corrected chi connectivity index (χ4v) is 2.80. The van der Waals surface area contributed by atoms with Crippen molar-refractivity contribution in [3.8, 4) is 11.5 Å². The third-order valence-corrected chi connectivity index (χ3v) is 4.36. The summed E-state index contributed by atoms with van der Waals surface area (Å²) in [5.74, 6) is 0.608. The summed E-state index contributed by atoms with van der Waals surface area (Å²) in [6, 6.07) is 6.31. The summed E-state index contributed by atoms with van der Waals surface area (Å²) in [5, 5.41) is 12.1. The first-order valence-corrected chi connectivity index (χ1v) is 9.17. The van der Waals surface area contributed by atoms with Crippen molar-refractivity contribution in [2.45, 2.75) is 51.7 Å². The van der Waals surface area contributed by atoms with Crippen molar-refractivity contribution >= 4 is 12.0 Å². The molecule has 7 heteroatoms. The van der Waals surface area contributed by atoms with Gasteiger partial charge in [-0.15, -0.1) is 0 Å². The van der Waals surface area contributed by atoms with Gasteiger partial charge in [-0.05, 0) is 50.5 Å². The lowest BCUT2D eigenvalue weighted by atomic mass is 10.0. The third kappa shape index (κ3) is 6.13. The Hall–Kier alpha value is -2.44. The summed E-state index contributed by atoms with van der Waals surface area (Å²) in [7, 11) is 0. The van der Waals surface area contributed by atoms with E-state index in [0.29, 0.717) is 38.3 Å². The molecule has 2 rings (SSSR count). The van der Waals surface area contributed by atoms with Gasteiger partial charge in [-0.3, -0.25) is 4.79 Å². The van der Waals surface area contributed by atoms with Gasteiger partial charge in [0.05, 0.1) is 6.61 Å². The zero-order valence-electron chi connectivity index (χ0n) is 15.4. The lowest BCUT2D eigenvalue weighted by Crippen LogP contribution is -2.49. The van der Waals surface area contributed by atoms with Crippen LogP contribution in [-0.2, 0) is 9.53 Å². The van der Waals surface area contributed by atoms with Crippen LogP contribution in [0.4, 0.5) is 4.79 Å². The molecule has 1 atom stereocenters. The van der Waals surface area contributed by atoms with Crippen LogP contribution in [0.3, 0.4) is 0 Å². The lowest BCUT2D eigenvalue weighted by Gasteiger charge is -2.33. The van der Waals surface area contributed by atoms with Gasteiger partial charge in [0.15, 0.2) is 6.10 Å². The Kier molecular flexibility index (Phi) is 7.56. The Morgan fingerprint density at radius 2 is 1.92 bits per heavy atom. The Morgan fingerprint density at radius 1 is 1.27 bits per heavy atom. The molecule has 1 aromatic rings. The molecule has 26 heavy (non-hydrogen) atoms. The minimum absolute atomic E-state index is 0.0292. The van der Waals surface area contributed by atoms with Crippen LogP contribution in [0, 0.1) is 0 Å². The van der Waals surface area contributed by atoms with Gasteiger partial charge in [0.2, 0.25) is 0 Å². The molecule has 1 fully saturated rings. The van der Waals surface area contributed by atoms with Crippen LogP contribution in [0.15, 0.2) is 24.3 Å². The highest BCUT2D eigenvalue weighted by Crippen LogP contribution is 2.19. The van der Waals surface area contributed by atoms with Crippen molar-refractivity contribution in [1.29, 1.82) is 0 Å². The first-order valence-electron chi connectivity index (χ1n) is 9.17. The van der Waals surface area contributed by atoms with E-state index in [2.05, 4.69) is 5.32 Å². The number of rotatable bonds is 7. The maximum atomic E-state index is 12.5. The number of phenolic OH excluding ortho intramolecular Hbond substituents is 1. The molecule has 0 saturated carbocycles. The second-order valence-corrected chi connectivity index (χ2v) is 6.49. The van der Waals surface area contributed by atoms with E-state index < -0.39 is 6.10 Å². The summed E-state index contributed by atoms with van der Waals surface area (Å²) < 4.78 is 10.7. The van der Waals surface area contributed by atoms with E-state index in [0.717, 1.165) is 12.8 Å². The van der Waals surface area contributed by atoms with Gasteiger partial charge in [-0.1, -0.05) is 13.3 Å². The SMILES string of the molecule is CCCCOC(=O)NC1CCN(C(=O)C(C)Oc2ccc(O)cc2)CC1. The second kappa shape index (κ2) is 9.89. The standard InChI is InChI=1S/C19H28N2O5/c1-3-4-13-25-19(24)20-15-9-11-21(12-10-15)18(23)14(2)26-17-7-5-16(22)6-8-17/h5-8,14-15,22H,3-4,9-13H2,1-2H3,(H,20,24). The predicted molar refractivity (Wildman–Crippen MR) is 97.2 cm³/mol. The fraction of sp³-hybridized carbons (Fsp3) is 0.579. The van der Waals surface area contributed by atoms with Crippen molar-refractivity contribution in [2.75, 3.05) is 19.7 Å². The number of amides is 2. The normalized spacial score (nSPS) is 16.0. The quantitative estimate of drug-likeness (QED) is 0.726. The maximum Gasteiger partial charge on any atom is 0.407 e. The topological polar surface area (TPSA) is 88.1 Å². The summed E-state index contributed by atoms with van der Waals surface area (Å²) in [6.07, 6.45) is 2.24. The van der Waals surface area contributed by atoms with Gasteiger partial charge in [0.1, 0.15) is 11.5 Å². The van der Waals surface area contributed by atoms with E-state index in [4.69, 9.17) is 9.47 Å². The number of benzene rings is 1. The second-order valence-electron chi connectivity index (χ2n) is 6.49. The van der Waals surface area contributed by atoms with Crippen LogP contribution in [-0.4, -0.2) is 53.8 Å². The van der Waals surface area contributed by atoms with E-state index in [1.54, 1.807) is 24.0 Å². The smallest absolute Gasteiger partial charge is 0.407 e. The number of hydrogen-bond acceptors (Lipinski definition) is 5. The molecule has 1 aromatic carbocycles. The number of carbonyl (C=O) groups is 2. The number of hydrogen-bond donors (Lipinski definition) is 2. The first-order chi connectivity index (χ1) is 12.5. The number of phenols is 1. The van der Waals surface area contributed by atoms with E-state index in [1.165, 1.54) is 12.1 Å². The number of ether oxygens (including phenoxy) is 2. The van der Waals surface area contributed by atoms with Crippen LogP contribution in [0.5, 0.6) is 11.5 Å². The van der Waals surface area contributed by atoms with Crippen molar-refractivity contribution in [3.05, 3.63) is 24.3 Å². The van der Waals surface area contributed by atoms with Gasteiger partial charge in [0.25, 0.3) is 5.91 Å². The minimum Gasteiger partial charge on any atom is -0.508 e. The molecule has 1 aliphatic rings. The average Bonchev–Trinajstić information content (AvgIpc) is 2.64. The van der Waals surface area contributed by atoms with Gasteiger partial charge in [-0.25, -0.2) is 4.79 Å². The van der Waals surface area contributed by atoms with Crippen molar-refractivity contribution in [2.24, 2.45) is 0 Å². The van der Waals surface area contributed by atoms with Crippen LogP contribution < -0.4 is 10.1 Å². The third-order valence-electron chi connectivity index (χ3n) is 4.36. The zero-order valence-corrected chi connectivity index (χ0v) is 15.4. The van der Waals surface area contributed by atoms with Crippen molar-refractivity contribution < 1.29 is 24.2 Å². The molecule has 2 N–H and O–H groups in total. The van der Waals surface area contributed by atoms with Gasteiger partial charge >= 0.3 is 6.09 Å². The molecule has 0 bridgehead atoms. The van der Waals surface area contributed by atoms with E-state index in [9.17, 15) is 14.7 Å².